The van der Waals surface area contributed by atoms with Gasteiger partial charge in [-0.25, -0.2) is 0 Å². The molecular formula is C16H14ClN4OSe+. The molecule has 0 aliphatic heterocycles. The van der Waals surface area contributed by atoms with Crippen LogP contribution in [0, 0.1) is 0 Å². The number of benzene rings is 2. The van der Waals surface area contributed by atoms with Crippen molar-refractivity contribution in [1.82, 2.24) is 4.98 Å². The van der Waals surface area contributed by atoms with Crippen LogP contribution in [0.2, 0.25) is 10.3 Å². The molecule has 5 nitrogen and oxygen atoms in total. The molecule has 1 heterocycles. The molecule has 0 aliphatic rings. The monoisotopic (exact) mass is 393 g/mol. The molecular weight excluding hydrogens is 379 g/mol. The molecule has 4 N–H and O–H groups in total. The van der Waals surface area contributed by atoms with Crippen LogP contribution in [0.3, 0.4) is 0 Å². The number of nitrogen functional groups attached to an aromatic ring is 2. The Morgan fingerprint density at radius 2 is 1.87 bits per heavy atom. The fourth-order valence-electron chi connectivity index (χ4n) is 2.13. The fraction of sp³-hybridized carbons (Fsp3) is 0.0625. The van der Waals surface area contributed by atoms with Crippen molar-refractivity contribution in [3.8, 4) is 0 Å². The molecule has 3 rings (SSSR count). The van der Waals surface area contributed by atoms with Crippen molar-refractivity contribution in [3.05, 3.63) is 59.1 Å². The third-order valence-corrected chi connectivity index (χ3v) is 5.61. The molecule has 1 aromatic heterocycles. The molecule has 116 valence electrons. The zero-order valence-electron chi connectivity index (χ0n) is 12.1. The van der Waals surface area contributed by atoms with Gasteiger partial charge < -0.3 is 0 Å². The van der Waals surface area contributed by atoms with Gasteiger partial charge in [0.05, 0.1) is 0 Å². The van der Waals surface area contributed by atoms with E-state index in [2.05, 4.69) is 4.98 Å². The van der Waals surface area contributed by atoms with Gasteiger partial charge in [-0.2, -0.15) is 0 Å². The number of ketones is 1. The quantitative estimate of drug-likeness (QED) is 0.301. The maximum absolute atomic E-state index is 12.3. The van der Waals surface area contributed by atoms with Gasteiger partial charge in [-0.3, -0.25) is 0 Å². The van der Waals surface area contributed by atoms with Crippen molar-refractivity contribution < 1.29 is 9.47 Å². The minimum atomic E-state index is -0.219. The Kier molecular flexibility index (Phi) is 4.48. The molecule has 7 heteroatoms. The third kappa shape index (κ3) is 3.29. The first-order valence-electron chi connectivity index (χ1n) is 6.83. The average molecular weight is 393 g/mol. The van der Waals surface area contributed by atoms with Gasteiger partial charge in [0.15, 0.2) is 0 Å². The number of aromatic nitrogens is 2. The Hall–Kier alpha value is -2.14. The summed E-state index contributed by atoms with van der Waals surface area (Å²) in [6, 6.07) is 14.4. The first kappa shape index (κ1) is 15.7. The number of nitrogens with zero attached hydrogens (tertiary/aromatic N) is 2. The second-order valence-corrected chi connectivity index (χ2v) is 7.30. The number of carbonyl (C=O) groups is 1. The summed E-state index contributed by atoms with van der Waals surface area (Å²) in [6.07, 6.45) is 0. The molecule has 0 amide bonds. The van der Waals surface area contributed by atoms with Crippen LogP contribution in [0.4, 0.5) is 5.82 Å². The number of hydrogen-bond acceptors (Lipinski definition) is 4. The van der Waals surface area contributed by atoms with Gasteiger partial charge in [-0.15, -0.1) is 0 Å². The van der Waals surface area contributed by atoms with E-state index in [9.17, 15) is 4.79 Å². The number of anilines is 1. The van der Waals surface area contributed by atoms with Crippen LogP contribution in [-0.4, -0.2) is 25.7 Å². The van der Waals surface area contributed by atoms with Gasteiger partial charge in [0.1, 0.15) is 0 Å². The summed E-state index contributed by atoms with van der Waals surface area (Å²) in [5.74, 6) is 6.50. The zero-order chi connectivity index (χ0) is 16.4. The van der Waals surface area contributed by atoms with Crippen molar-refractivity contribution in [2.45, 2.75) is 5.32 Å². The first-order valence-corrected chi connectivity index (χ1v) is 9.28. The van der Waals surface area contributed by atoms with Crippen LogP contribution in [-0.2, 0) is 0 Å². The van der Waals surface area contributed by atoms with Crippen LogP contribution in [0.25, 0.3) is 10.9 Å². The van der Waals surface area contributed by atoms with Gasteiger partial charge in [0.25, 0.3) is 0 Å². The van der Waals surface area contributed by atoms with Crippen molar-refractivity contribution in [3.63, 3.8) is 0 Å². The number of hydrogen-bond donors (Lipinski definition) is 2. The van der Waals surface area contributed by atoms with E-state index >= 15 is 0 Å². The summed E-state index contributed by atoms with van der Waals surface area (Å²) in [7, 11) is 0. The SMILES string of the molecule is Nc1c2ccccc2nc([Se]CC(=O)c2ccc(Cl)cc2)[n+]1N. The van der Waals surface area contributed by atoms with E-state index < -0.39 is 0 Å². The number of fused-ring (bicyclic) bond motifs is 1. The predicted octanol–water partition coefficient (Wildman–Crippen LogP) is 1.10. The predicted molar refractivity (Wildman–Crippen MR) is 92.5 cm³/mol. The second kappa shape index (κ2) is 6.54. The van der Waals surface area contributed by atoms with E-state index in [0.717, 1.165) is 10.9 Å². The summed E-state index contributed by atoms with van der Waals surface area (Å²) in [6.45, 7) is 0. The number of halogens is 1. The number of para-hydroxylation sites is 1. The van der Waals surface area contributed by atoms with E-state index in [-0.39, 0.29) is 20.7 Å². The Morgan fingerprint density at radius 1 is 1.17 bits per heavy atom. The van der Waals surface area contributed by atoms with E-state index in [1.807, 2.05) is 24.3 Å². The zero-order valence-corrected chi connectivity index (χ0v) is 14.5. The standard InChI is InChI=1S/C16H13ClN4OSe/c17-11-7-5-10(6-8-11)14(22)9-23-16-20-13-4-2-1-3-12(13)15(18)21(16)19/h1-8,18H,9,19H2/p+1. The van der Waals surface area contributed by atoms with Crippen molar-refractivity contribution in [2.75, 3.05) is 11.6 Å². The Morgan fingerprint density at radius 3 is 2.61 bits per heavy atom. The molecule has 0 bridgehead atoms. The van der Waals surface area contributed by atoms with E-state index in [0.29, 0.717) is 26.4 Å². The van der Waals surface area contributed by atoms with Gasteiger partial charge in [0.2, 0.25) is 0 Å². The molecule has 0 spiro atoms. The summed E-state index contributed by atoms with van der Waals surface area (Å²) >= 11 is 5.61. The van der Waals surface area contributed by atoms with Gasteiger partial charge in [-0.05, 0) is 0 Å². The minimum absolute atomic E-state index is 0.0372. The molecule has 2 aromatic carbocycles. The van der Waals surface area contributed by atoms with Crippen LogP contribution >= 0.6 is 11.6 Å². The Labute approximate surface area is 144 Å². The topological polar surface area (TPSA) is 85.9 Å². The number of Topliss-reactive ketones (excluding diaryl/α,β-unsaturated/α-hetero) is 1. The molecule has 0 saturated heterocycles. The van der Waals surface area contributed by atoms with Crippen molar-refractivity contribution >= 4 is 53.8 Å². The molecule has 0 unspecified atom stereocenters. The molecule has 3 aromatic rings. The maximum atomic E-state index is 12.3. The van der Waals surface area contributed by atoms with Gasteiger partial charge in [0, 0.05) is 0 Å². The van der Waals surface area contributed by atoms with Gasteiger partial charge >= 0.3 is 144 Å². The molecule has 23 heavy (non-hydrogen) atoms. The molecule has 0 fully saturated rings. The summed E-state index contributed by atoms with van der Waals surface area (Å²) in [5, 5.41) is 1.77. The normalized spacial score (nSPS) is 10.8. The molecule has 0 aliphatic carbocycles. The van der Waals surface area contributed by atoms with E-state index in [1.165, 1.54) is 4.68 Å². The van der Waals surface area contributed by atoms with Crippen LogP contribution in [0.5, 0.6) is 0 Å². The summed E-state index contributed by atoms with van der Waals surface area (Å²) in [5.41, 5.74) is 7.47. The fourth-order valence-corrected chi connectivity index (χ4v) is 3.99. The van der Waals surface area contributed by atoms with Crippen LogP contribution in [0.15, 0.2) is 48.5 Å². The van der Waals surface area contributed by atoms with Crippen molar-refractivity contribution in [2.24, 2.45) is 0 Å². The second-order valence-electron chi connectivity index (χ2n) is 4.89. The number of nitrogens with two attached hydrogens (primary N) is 2. The van der Waals surface area contributed by atoms with Crippen LogP contribution in [0.1, 0.15) is 10.4 Å². The number of rotatable bonds is 4. The van der Waals surface area contributed by atoms with Crippen molar-refractivity contribution in [1.29, 1.82) is 0 Å². The Balaban J connectivity index is 1.83. The van der Waals surface area contributed by atoms with Gasteiger partial charge in [-0.1, -0.05) is 0 Å². The average Bonchev–Trinajstić information content (AvgIpc) is 2.57. The first-order chi connectivity index (χ1) is 11.1. The number of carbonyl (C=O) groups excluding carboxylic acids is 1. The van der Waals surface area contributed by atoms with E-state index in [4.69, 9.17) is 23.2 Å². The summed E-state index contributed by atoms with van der Waals surface area (Å²) in [4.78, 5) is 16.8. The molecule has 0 radical (unpaired) electrons. The molecule has 0 atom stereocenters. The summed E-state index contributed by atoms with van der Waals surface area (Å²) < 4.78 is 2.01. The van der Waals surface area contributed by atoms with E-state index in [1.54, 1.807) is 24.3 Å². The van der Waals surface area contributed by atoms with Crippen LogP contribution < -0.4 is 21.0 Å². The Bertz CT molecular complexity index is 883. The molecule has 0 saturated carbocycles. The third-order valence-electron chi connectivity index (χ3n) is 3.36.